The van der Waals surface area contributed by atoms with Gasteiger partial charge in [0.15, 0.2) is 15.0 Å². The summed E-state index contributed by atoms with van der Waals surface area (Å²) in [4.78, 5) is 17.8. The molecule has 1 fully saturated rings. The Morgan fingerprint density at radius 2 is 2.07 bits per heavy atom. The topological polar surface area (TPSA) is 76.1 Å². The van der Waals surface area contributed by atoms with Crippen molar-refractivity contribution in [2.24, 2.45) is 0 Å². The number of sulfone groups is 1. The van der Waals surface area contributed by atoms with E-state index in [1.807, 2.05) is 6.92 Å². The highest BCUT2D eigenvalue weighted by molar-refractivity contribution is 8.02. The summed E-state index contributed by atoms with van der Waals surface area (Å²) in [6.07, 6.45) is 2.82. The van der Waals surface area contributed by atoms with Crippen LogP contribution in [0.2, 0.25) is 0 Å². The first-order chi connectivity index (χ1) is 12.9. The van der Waals surface area contributed by atoms with E-state index < -0.39 is 9.84 Å². The lowest BCUT2D eigenvalue weighted by molar-refractivity contribution is -0.113. The van der Waals surface area contributed by atoms with Crippen molar-refractivity contribution in [3.63, 3.8) is 0 Å². The first-order valence-electron chi connectivity index (χ1n) is 9.05. The van der Waals surface area contributed by atoms with Gasteiger partial charge in [-0.25, -0.2) is 13.4 Å². The number of benzene rings is 1. The quantitative estimate of drug-likeness (QED) is 0.729. The van der Waals surface area contributed by atoms with E-state index in [-0.39, 0.29) is 28.4 Å². The third kappa shape index (κ3) is 5.56. The molecule has 1 aliphatic heterocycles. The molecule has 2 aromatic rings. The molecule has 5 nitrogen and oxygen atoms in total. The maximum Gasteiger partial charge on any atom is 0.236 e. The summed E-state index contributed by atoms with van der Waals surface area (Å²) < 4.78 is 23.0. The number of amides is 1. The third-order valence-electron chi connectivity index (χ3n) is 4.45. The molecule has 1 saturated heterocycles. The smallest absolute Gasteiger partial charge is 0.236 e. The Labute approximate surface area is 168 Å². The Bertz CT molecular complexity index is 905. The van der Waals surface area contributed by atoms with Crippen LogP contribution in [0.15, 0.2) is 24.3 Å². The Morgan fingerprint density at radius 3 is 2.70 bits per heavy atom. The van der Waals surface area contributed by atoms with Crippen molar-refractivity contribution in [3.8, 4) is 11.3 Å². The van der Waals surface area contributed by atoms with Gasteiger partial charge in [0, 0.05) is 15.7 Å². The van der Waals surface area contributed by atoms with Gasteiger partial charge in [-0.05, 0) is 25.3 Å². The minimum absolute atomic E-state index is 0.0241. The molecule has 0 aliphatic carbocycles. The van der Waals surface area contributed by atoms with E-state index in [1.54, 1.807) is 0 Å². The largest absolute Gasteiger partial charge is 0.301 e. The lowest BCUT2D eigenvalue weighted by Gasteiger charge is -2.06. The molecule has 0 bridgehead atoms. The van der Waals surface area contributed by atoms with Crippen molar-refractivity contribution in [1.82, 2.24) is 4.98 Å². The molecule has 0 radical (unpaired) electrons. The van der Waals surface area contributed by atoms with E-state index in [1.165, 1.54) is 28.7 Å². The van der Waals surface area contributed by atoms with Crippen molar-refractivity contribution in [3.05, 3.63) is 34.7 Å². The van der Waals surface area contributed by atoms with Gasteiger partial charge in [-0.2, -0.15) is 0 Å². The summed E-state index contributed by atoms with van der Waals surface area (Å²) in [5.74, 6) is 0.528. The molecule has 1 unspecified atom stereocenters. The maximum absolute atomic E-state index is 12.2. The zero-order chi connectivity index (χ0) is 19.4. The number of nitrogens with one attached hydrogen (secondary N) is 1. The van der Waals surface area contributed by atoms with Gasteiger partial charge in [-0.15, -0.1) is 23.1 Å². The van der Waals surface area contributed by atoms with Gasteiger partial charge < -0.3 is 5.32 Å². The molecule has 0 saturated carbocycles. The van der Waals surface area contributed by atoms with Crippen LogP contribution >= 0.6 is 23.1 Å². The molecule has 146 valence electrons. The van der Waals surface area contributed by atoms with Gasteiger partial charge in [-0.3, -0.25) is 4.79 Å². The van der Waals surface area contributed by atoms with E-state index >= 15 is 0 Å². The molecule has 1 atom stereocenters. The fourth-order valence-electron chi connectivity index (χ4n) is 3.08. The zero-order valence-corrected chi connectivity index (χ0v) is 18.0. The second-order valence-corrected chi connectivity index (χ2v) is 11.5. The predicted octanol–water partition coefficient (Wildman–Crippen LogP) is 3.93. The van der Waals surface area contributed by atoms with E-state index in [0.29, 0.717) is 11.6 Å². The fraction of sp³-hybridized carbons (Fsp3) is 0.474. The SMILES string of the molecule is CCCc1ccc(-c2nc(NC(=O)CSC3CCS(=O)(=O)C3)sc2C)cc1. The molecule has 0 spiro atoms. The van der Waals surface area contributed by atoms with Crippen LogP contribution in [-0.2, 0) is 21.1 Å². The summed E-state index contributed by atoms with van der Waals surface area (Å²) in [5.41, 5.74) is 3.26. The van der Waals surface area contributed by atoms with Gasteiger partial charge in [0.25, 0.3) is 0 Å². The number of hydrogen-bond donors (Lipinski definition) is 1. The summed E-state index contributed by atoms with van der Waals surface area (Å²) in [6, 6.07) is 8.41. The van der Waals surface area contributed by atoms with Crippen molar-refractivity contribution >= 4 is 44.0 Å². The number of carbonyl (C=O) groups is 1. The Morgan fingerprint density at radius 1 is 1.33 bits per heavy atom. The molecule has 8 heteroatoms. The van der Waals surface area contributed by atoms with Gasteiger partial charge in [-0.1, -0.05) is 37.6 Å². The second kappa shape index (κ2) is 8.75. The van der Waals surface area contributed by atoms with Crippen LogP contribution in [0.25, 0.3) is 11.3 Å². The summed E-state index contributed by atoms with van der Waals surface area (Å²) in [5, 5.41) is 3.46. The minimum Gasteiger partial charge on any atom is -0.301 e. The van der Waals surface area contributed by atoms with Gasteiger partial charge >= 0.3 is 0 Å². The van der Waals surface area contributed by atoms with Crippen molar-refractivity contribution in [1.29, 1.82) is 0 Å². The molecule has 1 N–H and O–H groups in total. The van der Waals surface area contributed by atoms with Crippen LogP contribution in [-0.4, -0.2) is 41.8 Å². The van der Waals surface area contributed by atoms with Gasteiger partial charge in [0.1, 0.15) is 0 Å². The first kappa shape index (κ1) is 20.4. The second-order valence-electron chi connectivity index (χ2n) is 6.75. The summed E-state index contributed by atoms with van der Waals surface area (Å²) >= 11 is 2.87. The van der Waals surface area contributed by atoms with E-state index in [9.17, 15) is 13.2 Å². The molecule has 27 heavy (non-hydrogen) atoms. The van der Waals surface area contributed by atoms with E-state index in [2.05, 4.69) is 41.5 Å². The number of nitrogens with zero attached hydrogens (tertiary/aromatic N) is 1. The highest BCUT2D eigenvalue weighted by Gasteiger charge is 2.28. The van der Waals surface area contributed by atoms with Crippen molar-refractivity contribution in [2.75, 3.05) is 22.6 Å². The Balaban J connectivity index is 1.58. The summed E-state index contributed by atoms with van der Waals surface area (Å²) in [6.45, 7) is 4.16. The average molecular weight is 425 g/mol. The molecule has 1 aromatic carbocycles. The van der Waals surface area contributed by atoms with Crippen LogP contribution < -0.4 is 5.32 Å². The number of aryl methyl sites for hydroxylation is 2. The highest BCUT2D eigenvalue weighted by Crippen LogP contribution is 2.31. The number of carbonyl (C=O) groups excluding carboxylic acids is 1. The third-order valence-corrected chi connectivity index (χ3v) is 8.62. The number of rotatable bonds is 7. The monoisotopic (exact) mass is 424 g/mol. The van der Waals surface area contributed by atoms with Crippen molar-refractivity contribution in [2.45, 2.75) is 38.4 Å². The number of thioether (sulfide) groups is 1. The number of thiazole rings is 1. The van der Waals surface area contributed by atoms with Crippen LogP contribution in [0.4, 0.5) is 5.13 Å². The molecule has 3 rings (SSSR count). The molecule has 1 aliphatic rings. The maximum atomic E-state index is 12.2. The minimum atomic E-state index is -2.90. The average Bonchev–Trinajstić information content (AvgIpc) is 3.16. The molecule has 1 amide bonds. The predicted molar refractivity (Wildman–Crippen MR) is 114 cm³/mol. The zero-order valence-electron chi connectivity index (χ0n) is 15.5. The molecule has 2 heterocycles. The standard InChI is InChI=1S/C19H24N2O3S3/c1-3-4-14-5-7-15(8-6-14)18-13(2)26-19(21-18)20-17(22)11-25-16-9-10-27(23,24)12-16/h5-8,16H,3-4,9-12H2,1-2H3,(H,20,21,22). The Kier molecular flexibility index (Phi) is 6.60. The normalized spacial score (nSPS) is 18.5. The first-order valence-corrected chi connectivity index (χ1v) is 12.7. The Hall–Kier alpha value is -1.38. The van der Waals surface area contributed by atoms with Crippen molar-refractivity contribution < 1.29 is 13.2 Å². The van der Waals surface area contributed by atoms with Crippen LogP contribution in [0.3, 0.4) is 0 Å². The van der Waals surface area contributed by atoms with Gasteiger partial charge in [0.2, 0.25) is 5.91 Å². The summed E-state index contributed by atoms with van der Waals surface area (Å²) in [7, 11) is -2.90. The lowest BCUT2D eigenvalue weighted by atomic mass is 10.1. The molecule has 1 aromatic heterocycles. The van der Waals surface area contributed by atoms with E-state index in [4.69, 9.17) is 0 Å². The fourth-order valence-corrected chi connectivity index (χ4v) is 7.37. The highest BCUT2D eigenvalue weighted by atomic mass is 32.2. The van der Waals surface area contributed by atoms with Gasteiger partial charge in [0.05, 0.1) is 23.0 Å². The lowest BCUT2D eigenvalue weighted by Crippen LogP contribution is -2.17. The van der Waals surface area contributed by atoms with E-state index in [0.717, 1.165) is 29.0 Å². The van der Waals surface area contributed by atoms with Crippen LogP contribution in [0, 0.1) is 6.92 Å². The molecular weight excluding hydrogens is 400 g/mol. The number of aromatic nitrogens is 1. The number of hydrogen-bond acceptors (Lipinski definition) is 6. The number of anilines is 1. The van der Waals surface area contributed by atoms with Crippen LogP contribution in [0.1, 0.15) is 30.2 Å². The van der Waals surface area contributed by atoms with Crippen LogP contribution in [0.5, 0.6) is 0 Å². The molecular formula is C19H24N2O3S3.